The highest BCUT2D eigenvalue weighted by molar-refractivity contribution is 7.20. The van der Waals surface area contributed by atoms with Gasteiger partial charge in [-0.1, -0.05) is 115 Å². The smallest absolute Gasteiger partial charge is 0.0724 e. The lowest BCUT2D eigenvalue weighted by atomic mass is 9.65. The quantitative estimate of drug-likeness (QED) is 0.222. The highest BCUT2D eigenvalue weighted by Crippen LogP contribution is 2.59. The van der Waals surface area contributed by atoms with Crippen molar-refractivity contribution in [2.45, 2.75) is 31.1 Å². The second-order valence-electron chi connectivity index (χ2n) is 12.2. The van der Waals surface area contributed by atoms with Gasteiger partial charge in [-0.3, -0.25) is 0 Å². The second kappa shape index (κ2) is 10.2. The van der Waals surface area contributed by atoms with Crippen molar-refractivity contribution >= 4 is 27.5 Å². The summed E-state index contributed by atoms with van der Waals surface area (Å²) in [4.78, 5) is 1.43. The molecule has 44 heavy (non-hydrogen) atoms. The van der Waals surface area contributed by atoms with Crippen LogP contribution in [0.25, 0.3) is 49.5 Å². The molecule has 1 aromatic heterocycles. The molecule has 3 aliphatic carbocycles. The maximum atomic E-state index is 3.54. The Hall–Kier alpha value is -4.66. The Bertz CT molecular complexity index is 2100. The van der Waals surface area contributed by atoms with Crippen molar-refractivity contribution in [2.24, 2.45) is 0 Å². The van der Waals surface area contributed by atoms with Crippen molar-refractivity contribution in [1.82, 2.24) is 5.32 Å². The van der Waals surface area contributed by atoms with Crippen LogP contribution >= 0.6 is 11.3 Å². The molecule has 0 saturated heterocycles. The van der Waals surface area contributed by atoms with Gasteiger partial charge in [0.15, 0.2) is 0 Å². The van der Waals surface area contributed by atoms with Gasteiger partial charge in [-0.15, -0.1) is 11.3 Å². The minimum absolute atomic E-state index is 0.352. The summed E-state index contributed by atoms with van der Waals surface area (Å²) in [5, 5.41) is 4.96. The normalized spacial score (nSPS) is 19.6. The maximum Gasteiger partial charge on any atom is 0.0724 e. The molecule has 9 rings (SSSR count). The highest BCUT2D eigenvalue weighted by Gasteiger charge is 2.48. The Morgan fingerprint density at radius 3 is 2.30 bits per heavy atom. The van der Waals surface area contributed by atoms with E-state index >= 15 is 0 Å². The number of allylic oxidation sites excluding steroid dienone is 7. The third kappa shape index (κ3) is 3.71. The van der Waals surface area contributed by atoms with E-state index in [4.69, 9.17) is 0 Å². The average Bonchev–Trinajstić information content (AvgIpc) is 3.63. The summed E-state index contributed by atoms with van der Waals surface area (Å²) in [7, 11) is 0. The van der Waals surface area contributed by atoms with E-state index < -0.39 is 0 Å². The van der Waals surface area contributed by atoms with Crippen LogP contribution in [0.4, 0.5) is 0 Å². The number of rotatable bonds is 4. The SMILES string of the molecule is C1=CC(C2(C3=CNCC=C3)c3ccccc3-c3c(-c4cccc(-c5cccc6c7c(sc56)C=CCC7)c4)cccc32)=CCC1. The number of hydrogen-bond acceptors (Lipinski definition) is 2. The summed E-state index contributed by atoms with van der Waals surface area (Å²) >= 11 is 1.95. The Morgan fingerprint density at radius 2 is 1.41 bits per heavy atom. The van der Waals surface area contributed by atoms with E-state index in [9.17, 15) is 0 Å². The molecule has 0 fully saturated rings. The lowest BCUT2D eigenvalue weighted by molar-refractivity contribution is 0.731. The molecule has 0 bridgehead atoms. The van der Waals surface area contributed by atoms with Gasteiger partial charge in [0, 0.05) is 22.3 Å². The minimum atomic E-state index is -0.352. The van der Waals surface area contributed by atoms with Gasteiger partial charge >= 0.3 is 0 Å². The van der Waals surface area contributed by atoms with E-state index in [1.165, 1.54) is 76.2 Å². The second-order valence-corrected chi connectivity index (χ2v) is 13.3. The number of dihydropyridines is 1. The van der Waals surface area contributed by atoms with E-state index in [2.05, 4.69) is 139 Å². The predicted octanol–water partition coefficient (Wildman–Crippen LogP) is 10.8. The first kappa shape index (κ1) is 25.8. The molecule has 0 saturated carbocycles. The molecule has 1 aliphatic heterocycles. The molecule has 0 spiro atoms. The van der Waals surface area contributed by atoms with Crippen molar-refractivity contribution in [3.63, 3.8) is 0 Å². The fraction of sp³-hybridized carbons (Fsp3) is 0.143. The Morgan fingerprint density at radius 1 is 0.636 bits per heavy atom. The zero-order valence-electron chi connectivity index (χ0n) is 24.6. The zero-order valence-corrected chi connectivity index (χ0v) is 25.5. The Labute approximate surface area is 263 Å². The van der Waals surface area contributed by atoms with Crippen LogP contribution in [-0.4, -0.2) is 6.54 Å². The highest BCUT2D eigenvalue weighted by atomic mass is 32.1. The molecule has 212 valence electrons. The van der Waals surface area contributed by atoms with Crippen LogP contribution in [-0.2, 0) is 11.8 Å². The van der Waals surface area contributed by atoms with Crippen LogP contribution in [0.2, 0.25) is 0 Å². The summed E-state index contributed by atoms with van der Waals surface area (Å²) in [6.45, 7) is 0.867. The number of fused-ring (bicyclic) bond motifs is 6. The molecule has 4 aromatic carbocycles. The van der Waals surface area contributed by atoms with Crippen LogP contribution in [0, 0.1) is 0 Å². The minimum Gasteiger partial charge on any atom is -0.387 e. The largest absolute Gasteiger partial charge is 0.387 e. The van der Waals surface area contributed by atoms with Gasteiger partial charge in [0.1, 0.15) is 0 Å². The summed E-state index contributed by atoms with van der Waals surface area (Å²) in [5.41, 5.74) is 14.5. The van der Waals surface area contributed by atoms with Crippen molar-refractivity contribution in [3.8, 4) is 33.4 Å². The summed E-state index contributed by atoms with van der Waals surface area (Å²) in [5.74, 6) is 0. The van der Waals surface area contributed by atoms with Crippen LogP contribution in [0.5, 0.6) is 0 Å². The van der Waals surface area contributed by atoms with E-state index in [1.54, 1.807) is 0 Å². The number of hydrogen-bond donors (Lipinski definition) is 1. The molecular weight excluding hydrogens is 551 g/mol. The van der Waals surface area contributed by atoms with Crippen LogP contribution in [0.15, 0.2) is 139 Å². The lowest BCUT2D eigenvalue weighted by Gasteiger charge is -2.37. The monoisotopic (exact) mass is 583 g/mol. The molecule has 2 heterocycles. The molecular formula is C42H33NS. The molecule has 5 aromatic rings. The van der Waals surface area contributed by atoms with Crippen LogP contribution < -0.4 is 5.32 Å². The van der Waals surface area contributed by atoms with Gasteiger partial charge in [-0.2, -0.15) is 0 Å². The lowest BCUT2D eigenvalue weighted by Crippen LogP contribution is -2.32. The average molecular weight is 584 g/mol. The predicted molar refractivity (Wildman–Crippen MR) is 188 cm³/mol. The first-order chi connectivity index (χ1) is 21.8. The van der Waals surface area contributed by atoms with Crippen molar-refractivity contribution in [3.05, 3.63) is 160 Å². The first-order valence-corrected chi connectivity index (χ1v) is 16.7. The number of nitrogens with one attached hydrogen (secondary N) is 1. The Balaban J connectivity index is 1.27. The molecule has 0 radical (unpaired) electrons. The molecule has 1 atom stereocenters. The van der Waals surface area contributed by atoms with Gasteiger partial charge < -0.3 is 5.32 Å². The van der Waals surface area contributed by atoms with Crippen molar-refractivity contribution in [2.75, 3.05) is 6.54 Å². The fourth-order valence-corrected chi connectivity index (χ4v) is 9.35. The van der Waals surface area contributed by atoms with Gasteiger partial charge in [0.05, 0.1) is 5.41 Å². The van der Waals surface area contributed by atoms with E-state index in [0.29, 0.717) is 0 Å². The standard InChI is InChI=1S/C42H33NS/c1-2-14-30(15-3-1)42(31-16-11-25-43-27-31)37-22-6-4-18-36(37)40-32(19-10-23-38(40)42)28-12-8-13-29(26-28)33-20-9-21-35-34-17-5-7-24-39(34)44-41(33)35/h2,4,6-16,18-24,26-27,43H,1,3,5,17,25H2. The molecule has 2 heteroatoms. The topological polar surface area (TPSA) is 12.0 Å². The van der Waals surface area contributed by atoms with Crippen molar-refractivity contribution in [1.29, 1.82) is 0 Å². The van der Waals surface area contributed by atoms with E-state index in [1.807, 2.05) is 11.3 Å². The molecule has 1 N–H and O–H groups in total. The maximum absolute atomic E-state index is 3.54. The molecule has 1 nitrogen and oxygen atoms in total. The van der Waals surface area contributed by atoms with Gasteiger partial charge in [-0.05, 0) is 104 Å². The van der Waals surface area contributed by atoms with Gasteiger partial charge in [0.2, 0.25) is 0 Å². The third-order valence-corrected chi connectivity index (χ3v) is 11.1. The van der Waals surface area contributed by atoms with E-state index in [-0.39, 0.29) is 5.41 Å². The summed E-state index contributed by atoms with van der Waals surface area (Å²) in [6, 6.07) is 32.2. The molecule has 0 amide bonds. The fourth-order valence-electron chi connectivity index (χ4n) is 8.03. The van der Waals surface area contributed by atoms with Gasteiger partial charge in [0.25, 0.3) is 0 Å². The number of thiophene rings is 1. The van der Waals surface area contributed by atoms with Gasteiger partial charge in [-0.25, -0.2) is 0 Å². The van der Waals surface area contributed by atoms with Crippen LogP contribution in [0.3, 0.4) is 0 Å². The van der Waals surface area contributed by atoms with Crippen LogP contribution in [0.1, 0.15) is 40.8 Å². The molecule has 4 aliphatic rings. The zero-order chi connectivity index (χ0) is 29.1. The third-order valence-electron chi connectivity index (χ3n) is 9.88. The van der Waals surface area contributed by atoms with E-state index in [0.717, 1.165) is 32.2 Å². The summed E-state index contributed by atoms with van der Waals surface area (Å²) in [6.07, 6.45) is 23.1. The first-order valence-electron chi connectivity index (χ1n) is 15.9. The number of benzene rings is 4. The van der Waals surface area contributed by atoms with Crippen molar-refractivity contribution < 1.29 is 0 Å². The molecule has 1 unspecified atom stereocenters. The number of aryl methyl sites for hydroxylation is 1. The summed E-state index contributed by atoms with van der Waals surface area (Å²) < 4.78 is 1.41. The Kier molecular flexibility index (Phi) is 5.99.